The number of hydrogen-bond acceptors (Lipinski definition) is 5. The first-order valence-corrected chi connectivity index (χ1v) is 8.62. The molecule has 27 heavy (non-hydrogen) atoms. The van der Waals surface area contributed by atoms with Gasteiger partial charge in [0, 0.05) is 30.5 Å². The van der Waals surface area contributed by atoms with E-state index >= 15 is 0 Å². The number of carbonyl (C=O) groups is 1. The minimum atomic E-state index is -0.403. The molecule has 0 unspecified atom stereocenters. The number of anilines is 1. The number of H-pyrrole nitrogens is 1. The lowest BCUT2D eigenvalue weighted by Gasteiger charge is -2.12. The average molecular weight is 368 g/mol. The smallest absolute Gasteiger partial charge is 0.289 e. The molecule has 3 aromatic rings. The molecule has 0 aliphatic carbocycles. The van der Waals surface area contributed by atoms with Crippen molar-refractivity contribution in [3.63, 3.8) is 0 Å². The van der Waals surface area contributed by atoms with E-state index in [4.69, 9.17) is 0 Å². The van der Waals surface area contributed by atoms with E-state index in [0.717, 1.165) is 23.2 Å². The second kappa shape index (κ2) is 8.39. The first kappa shape index (κ1) is 18.5. The molecular weight excluding hydrogens is 347 g/mol. The third kappa shape index (κ3) is 4.87. The number of benzene rings is 1. The maximum Gasteiger partial charge on any atom is 0.289 e. The van der Waals surface area contributed by atoms with Gasteiger partial charge in [-0.15, -0.1) is 0 Å². The highest BCUT2D eigenvalue weighted by molar-refractivity contribution is 5.90. The van der Waals surface area contributed by atoms with Crippen LogP contribution in [0.2, 0.25) is 0 Å². The summed E-state index contributed by atoms with van der Waals surface area (Å²) in [5, 5.41) is 12.7. The molecule has 0 radical (unpaired) electrons. The van der Waals surface area contributed by atoms with Crippen LogP contribution in [0.4, 0.5) is 10.2 Å². The van der Waals surface area contributed by atoms with E-state index in [2.05, 4.69) is 30.8 Å². The molecule has 1 amide bonds. The molecule has 7 nitrogen and oxygen atoms in total. The molecule has 1 aromatic carbocycles. The van der Waals surface area contributed by atoms with Crippen LogP contribution in [0, 0.1) is 19.7 Å². The Kier molecular flexibility index (Phi) is 5.75. The van der Waals surface area contributed by atoms with Crippen molar-refractivity contribution in [2.75, 3.05) is 11.9 Å². The first-order valence-electron chi connectivity index (χ1n) is 8.62. The van der Waals surface area contributed by atoms with Gasteiger partial charge in [0.2, 0.25) is 5.82 Å². The van der Waals surface area contributed by atoms with Crippen LogP contribution in [0.25, 0.3) is 0 Å². The molecule has 0 saturated carbocycles. The lowest BCUT2D eigenvalue weighted by atomic mass is 10.2. The van der Waals surface area contributed by atoms with E-state index in [9.17, 15) is 9.18 Å². The van der Waals surface area contributed by atoms with Gasteiger partial charge in [0.1, 0.15) is 11.6 Å². The predicted molar refractivity (Wildman–Crippen MR) is 99.9 cm³/mol. The third-order valence-corrected chi connectivity index (χ3v) is 4.20. The second-order valence-corrected chi connectivity index (χ2v) is 6.20. The zero-order valence-electron chi connectivity index (χ0n) is 15.2. The maximum atomic E-state index is 13.2. The summed E-state index contributed by atoms with van der Waals surface area (Å²) in [4.78, 5) is 21.0. The number of aromatic nitrogens is 4. The van der Waals surface area contributed by atoms with Gasteiger partial charge in [-0.2, -0.15) is 5.10 Å². The highest BCUT2D eigenvalue weighted by Crippen LogP contribution is 2.15. The summed E-state index contributed by atoms with van der Waals surface area (Å²) in [6.07, 6.45) is 4.39. The van der Waals surface area contributed by atoms with Gasteiger partial charge >= 0.3 is 0 Å². The summed E-state index contributed by atoms with van der Waals surface area (Å²) in [7, 11) is 0. The van der Waals surface area contributed by atoms with Gasteiger partial charge in [0.15, 0.2) is 0 Å². The number of aromatic amines is 1. The fourth-order valence-electron chi connectivity index (χ4n) is 2.55. The van der Waals surface area contributed by atoms with Gasteiger partial charge in [-0.25, -0.2) is 14.4 Å². The SMILES string of the molecule is Cc1nc(C(=O)NCc2cccc(F)c2)nc(NCCc2cn[nH]c2)c1C. The van der Waals surface area contributed by atoms with E-state index in [0.29, 0.717) is 17.9 Å². The molecular formula is C19H21FN6O. The summed E-state index contributed by atoms with van der Waals surface area (Å²) in [6, 6.07) is 6.09. The number of aryl methyl sites for hydroxylation is 1. The summed E-state index contributed by atoms with van der Waals surface area (Å²) in [5.74, 6) is -0.0317. The number of carbonyl (C=O) groups excluding carboxylic acids is 1. The molecule has 3 N–H and O–H groups in total. The fourth-order valence-corrected chi connectivity index (χ4v) is 2.55. The van der Waals surface area contributed by atoms with E-state index in [-0.39, 0.29) is 18.2 Å². The van der Waals surface area contributed by atoms with Crippen LogP contribution in [0.5, 0.6) is 0 Å². The number of hydrogen-bond donors (Lipinski definition) is 3. The van der Waals surface area contributed by atoms with Gasteiger partial charge < -0.3 is 10.6 Å². The Morgan fingerprint density at radius 1 is 1.22 bits per heavy atom. The van der Waals surface area contributed by atoms with Crippen LogP contribution < -0.4 is 10.6 Å². The summed E-state index contributed by atoms with van der Waals surface area (Å²) in [5.41, 5.74) is 3.38. The zero-order valence-corrected chi connectivity index (χ0v) is 15.2. The fraction of sp³-hybridized carbons (Fsp3) is 0.263. The van der Waals surface area contributed by atoms with Crippen LogP contribution in [0.3, 0.4) is 0 Å². The largest absolute Gasteiger partial charge is 0.369 e. The summed E-state index contributed by atoms with van der Waals surface area (Å²) < 4.78 is 13.2. The second-order valence-electron chi connectivity index (χ2n) is 6.20. The standard InChI is InChI=1S/C19H21FN6O/c1-12-13(2)25-18(19(27)22-9-14-4-3-5-16(20)8-14)26-17(12)21-7-6-15-10-23-24-11-15/h3-5,8,10-11H,6-7,9H2,1-2H3,(H,22,27)(H,23,24)(H,21,25,26). The monoisotopic (exact) mass is 368 g/mol. The van der Waals surface area contributed by atoms with Crippen molar-refractivity contribution < 1.29 is 9.18 Å². The normalized spacial score (nSPS) is 10.6. The predicted octanol–water partition coefficient (Wildman–Crippen LogP) is 2.54. The first-order chi connectivity index (χ1) is 13.0. The molecule has 140 valence electrons. The Morgan fingerprint density at radius 3 is 2.81 bits per heavy atom. The number of amides is 1. The molecule has 3 rings (SSSR count). The van der Waals surface area contributed by atoms with Crippen LogP contribution >= 0.6 is 0 Å². The molecule has 8 heteroatoms. The van der Waals surface area contributed by atoms with Crippen molar-refractivity contribution in [2.24, 2.45) is 0 Å². The van der Waals surface area contributed by atoms with Crippen molar-refractivity contribution in [1.82, 2.24) is 25.5 Å². The Morgan fingerprint density at radius 2 is 2.07 bits per heavy atom. The highest BCUT2D eigenvalue weighted by Gasteiger charge is 2.14. The van der Waals surface area contributed by atoms with Gasteiger partial charge in [-0.3, -0.25) is 9.89 Å². The summed E-state index contributed by atoms with van der Waals surface area (Å²) in [6.45, 7) is 4.60. The minimum absolute atomic E-state index is 0.0836. The molecule has 0 saturated heterocycles. The van der Waals surface area contributed by atoms with Crippen LogP contribution in [-0.2, 0) is 13.0 Å². The molecule has 0 bridgehead atoms. The molecule has 0 aliphatic heterocycles. The van der Waals surface area contributed by atoms with E-state index in [1.54, 1.807) is 18.3 Å². The van der Waals surface area contributed by atoms with E-state index in [1.807, 2.05) is 20.0 Å². The number of nitrogens with zero attached hydrogens (tertiary/aromatic N) is 3. The van der Waals surface area contributed by atoms with Gasteiger partial charge in [0.25, 0.3) is 5.91 Å². The lowest BCUT2D eigenvalue weighted by Crippen LogP contribution is -2.26. The van der Waals surface area contributed by atoms with E-state index < -0.39 is 5.91 Å². The molecule has 0 aliphatic rings. The van der Waals surface area contributed by atoms with Gasteiger partial charge in [0.05, 0.1) is 6.20 Å². The topological polar surface area (TPSA) is 95.6 Å². The van der Waals surface area contributed by atoms with Crippen LogP contribution in [-0.4, -0.2) is 32.6 Å². The zero-order chi connectivity index (χ0) is 19.2. The Balaban J connectivity index is 1.65. The molecule has 0 fully saturated rings. The molecule has 2 heterocycles. The third-order valence-electron chi connectivity index (χ3n) is 4.20. The minimum Gasteiger partial charge on any atom is -0.369 e. The van der Waals surface area contributed by atoms with Crippen molar-refractivity contribution in [3.8, 4) is 0 Å². The average Bonchev–Trinajstić information content (AvgIpc) is 3.16. The van der Waals surface area contributed by atoms with Crippen molar-refractivity contribution in [3.05, 3.63) is 70.7 Å². The maximum absolute atomic E-state index is 13.2. The van der Waals surface area contributed by atoms with Crippen molar-refractivity contribution >= 4 is 11.7 Å². The number of rotatable bonds is 7. The quantitative estimate of drug-likeness (QED) is 0.596. The van der Waals surface area contributed by atoms with Crippen LogP contribution in [0.15, 0.2) is 36.7 Å². The van der Waals surface area contributed by atoms with Crippen molar-refractivity contribution in [2.45, 2.75) is 26.8 Å². The van der Waals surface area contributed by atoms with Gasteiger partial charge in [-0.1, -0.05) is 12.1 Å². The van der Waals surface area contributed by atoms with Crippen molar-refractivity contribution in [1.29, 1.82) is 0 Å². The molecule has 0 atom stereocenters. The highest BCUT2D eigenvalue weighted by atomic mass is 19.1. The number of halogens is 1. The molecule has 2 aromatic heterocycles. The van der Waals surface area contributed by atoms with E-state index in [1.165, 1.54) is 12.1 Å². The Labute approximate surface area is 156 Å². The number of nitrogens with one attached hydrogen (secondary N) is 3. The molecule has 0 spiro atoms. The van der Waals surface area contributed by atoms with Crippen LogP contribution in [0.1, 0.15) is 33.0 Å². The Bertz CT molecular complexity index is 926. The summed E-state index contributed by atoms with van der Waals surface area (Å²) >= 11 is 0. The van der Waals surface area contributed by atoms with Gasteiger partial charge in [-0.05, 0) is 43.5 Å². The lowest BCUT2D eigenvalue weighted by molar-refractivity contribution is 0.0940. The Hall–Kier alpha value is -3.29.